The monoisotopic (exact) mass is 469 g/mol. The number of halogens is 3. The maximum Gasteiger partial charge on any atom is 0.266 e. The number of hydrogen-bond donors (Lipinski definition) is 2. The molecule has 0 saturated carbocycles. The number of anilines is 2. The van der Waals surface area contributed by atoms with E-state index < -0.39 is 23.8 Å². The fourth-order valence-electron chi connectivity index (χ4n) is 4.64. The van der Waals surface area contributed by atoms with Crippen molar-refractivity contribution in [1.29, 1.82) is 0 Å². The molecule has 0 bridgehead atoms. The van der Waals surface area contributed by atoms with Crippen LogP contribution in [0.25, 0.3) is 16.7 Å². The lowest BCUT2D eigenvalue weighted by Gasteiger charge is -2.36. The first-order chi connectivity index (χ1) is 16.3. The topological polar surface area (TPSA) is 70.4 Å². The summed E-state index contributed by atoms with van der Waals surface area (Å²) in [6.07, 6.45) is -2.88. The van der Waals surface area contributed by atoms with E-state index >= 15 is 0 Å². The van der Waals surface area contributed by atoms with Crippen LogP contribution in [0.2, 0.25) is 0 Å². The minimum atomic E-state index is -2.88. The SMILES string of the molecule is Cc1nnc2nc(NC(C)c3cccc(C(F)F)c3F)c3cc(N4CCNCC4C)ccc3n12. The van der Waals surface area contributed by atoms with Crippen LogP contribution < -0.4 is 15.5 Å². The summed E-state index contributed by atoms with van der Waals surface area (Å²) in [5.41, 5.74) is 1.45. The van der Waals surface area contributed by atoms with Crippen LogP contribution >= 0.6 is 0 Å². The molecule has 3 heterocycles. The number of alkyl halides is 2. The van der Waals surface area contributed by atoms with Gasteiger partial charge >= 0.3 is 0 Å². The minimum absolute atomic E-state index is 0.150. The van der Waals surface area contributed by atoms with Crippen LogP contribution in [0.1, 0.15) is 43.3 Å². The standard InChI is InChI=1S/C24H26F3N7/c1-13-12-28-9-10-33(13)16-7-8-20-19(11-16)23(30-24-32-31-15(3)34(20)24)29-14(2)17-5-4-6-18(21(17)25)22(26)27/h4-8,11,13-14,22,28H,9-10,12H2,1-3H3,(H,29,30,32). The highest BCUT2D eigenvalue weighted by Gasteiger charge is 2.23. The fourth-order valence-corrected chi connectivity index (χ4v) is 4.64. The molecule has 5 rings (SSSR count). The number of aromatic nitrogens is 4. The molecule has 10 heteroatoms. The van der Waals surface area contributed by atoms with E-state index in [-0.39, 0.29) is 5.56 Å². The van der Waals surface area contributed by atoms with Crippen molar-refractivity contribution in [3.05, 3.63) is 59.2 Å². The Bertz CT molecular complexity index is 1350. The molecule has 1 aliphatic rings. The largest absolute Gasteiger partial charge is 0.366 e. The number of nitrogens with zero attached hydrogens (tertiary/aromatic N) is 5. The van der Waals surface area contributed by atoms with Crippen LogP contribution in [0.3, 0.4) is 0 Å². The van der Waals surface area contributed by atoms with Crippen LogP contribution in [0.15, 0.2) is 36.4 Å². The maximum atomic E-state index is 14.8. The van der Waals surface area contributed by atoms with Crippen molar-refractivity contribution in [3.63, 3.8) is 0 Å². The highest BCUT2D eigenvalue weighted by atomic mass is 19.3. The lowest BCUT2D eigenvalue weighted by molar-refractivity contribution is 0.146. The summed E-state index contributed by atoms with van der Waals surface area (Å²) in [4.78, 5) is 6.99. The fraction of sp³-hybridized carbons (Fsp3) is 0.375. The van der Waals surface area contributed by atoms with E-state index in [2.05, 4.69) is 49.8 Å². The summed E-state index contributed by atoms with van der Waals surface area (Å²) in [7, 11) is 0. The third-order valence-corrected chi connectivity index (χ3v) is 6.44. The predicted molar refractivity (Wildman–Crippen MR) is 126 cm³/mol. The number of fused-ring (bicyclic) bond motifs is 3. The molecular weight excluding hydrogens is 443 g/mol. The van der Waals surface area contributed by atoms with Crippen LogP contribution in [-0.2, 0) is 0 Å². The van der Waals surface area contributed by atoms with Gasteiger partial charge in [0.15, 0.2) is 0 Å². The third kappa shape index (κ3) is 3.81. The van der Waals surface area contributed by atoms with E-state index in [0.717, 1.165) is 42.3 Å². The van der Waals surface area contributed by atoms with E-state index in [1.807, 2.05) is 17.4 Å². The molecule has 178 valence electrons. The average molecular weight is 470 g/mol. The first-order valence-electron chi connectivity index (χ1n) is 11.3. The van der Waals surface area contributed by atoms with E-state index in [0.29, 0.717) is 23.5 Å². The molecule has 0 amide bonds. The molecule has 1 saturated heterocycles. The van der Waals surface area contributed by atoms with Gasteiger partial charge in [0.05, 0.1) is 17.1 Å². The molecule has 0 aliphatic carbocycles. The minimum Gasteiger partial charge on any atom is -0.366 e. The Hall–Kier alpha value is -3.40. The normalized spacial score (nSPS) is 17.6. The first kappa shape index (κ1) is 22.4. The molecular formula is C24H26F3N7. The number of aryl methyl sites for hydroxylation is 1. The molecule has 2 aromatic heterocycles. The summed E-state index contributed by atoms with van der Waals surface area (Å²) in [5.74, 6) is 0.696. The van der Waals surface area contributed by atoms with E-state index in [4.69, 9.17) is 0 Å². The van der Waals surface area contributed by atoms with Gasteiger partial charge < -0.3 is 15.5 Å². The molecule has 4 aromatic rings. The highest BCUT2D eigenvalue weighted by Crippen LogP contribution is 2.33. The molecule has 34 heavy (non-hydrogen) atoms. The quantitative estimate of drug-likeness (QED) is 0.444. The maximum absolute atomic E-state index is 14.8. The van der Waals surface area contributed by atoms with Gasteiger partial charge in [-0.2, -0.15) is 4.98 Å². The van der Waals surface area contributed by atoms with Gasteiger partial charge in [-0.25, -0.2) is 13.2 Å². The van der Waals surface area contributed by atoms with Gasteiger partial charge in [-0.1, -0.05) is 18.2 Å². The van der Waals surface area contributed by atoms with Gasteiger partial charge in [0.2, 0.25) is 0 Å². The van der Waals surface area contributed by atoms with Crippen LogP contribution in [0, 0.1) is 12.7 Å². The Balaban J connectivity index is 1.62. The molecule has 0 radical (unpaired) electrons. The van der Waals surface area contributed by atoms with Crippen molar-refractivity contribution in [2.24, 2.45) is 0 Å². The zero-order valence-corrected chi connectivity index (χ0v) is 19.2. The van der Waals surface area contributed by atoms with Gasteiger partial charge in [0.25, 0.3) is 12.2 Å². The summed E-state index contributed by atoms with van der Waals surface area (Å²) < 4.78 is 43.2. The van der Waals surface area contributed by atoms with Gasteiger partial charge in [0.1, 0.15) is 17.5 Å². The van der Waals surface area contributed by atoms with E-state index in [1.54, 1.807) is 6.92 Å². The summed E-state index contributed by atoms with van der Waals surface area (Å²) in [6.45, 7) is 8.41. The molecule has 7 nitrogen and oxygen atoms in total. The Morgan fingerprint density at radius 3 is 2.71 bits per heavy atom. The molecule has 1 fully saturated rings. The van der Waals surface area contributed by atoms with Crippen LogP contribution in [-0.4, -0.2) is 45.3 Å². The van der Waals surface area contributed by atoms with Gasteiger partial charge in [-0.3, -0.25) is 4.40 Å². The molecule has 2 N–H and O–H groups in total. The zero-order valence-electron chi connectivity index (χ0n) is 19.2. The average Bonchev–Trinajstić information content (AvgIpc) is 3.19. The second kappa shape index (κ2) is 8.75. The summed E-state index contributed by atoms with van der Waals surface area (Å²) >= 11 is 0. The van der Waals surface area contributed by atoms with Gasteiger partial charge in [-0.15, -0.1) is 10.2 Å². The number of benzene rings is 2. The van der Waals surface area contributed by atoms with Crippen LogP contribution in [0.4, 0.5) is 24.7 Å². The first-order valence-corrected chi connectivity index (χ1v) is 11.3. The Morgan fingerprint density at radius 1 is 1.15 bits per heavy atom. The van der Waals surface area contributed by atoms with Crippen molar-refractivity contribution < 1.29 is 13.2 Å². The van der Waals surface area contributed by atoms with Crippen molar-refractivity contribution in [2.45, 2.75) is 39.3 Å². The molecule has 1 aliphatic heterocycles. The highest BCUT2D eigenvalue weighted by molar-refractivity contribution is 5.94. The van der Waals surface area contributed by atoms with E-state index in [9.17, 15) is 13.2 Å². The molecule has 0 spiro atoms. The second-order valence-electron chi connectivity index (χ2n) is 8.71. The van der Waals surface area contributed by atoms with Crippen molar-refractivity contribution in [3.8, 4) is 0 Å². The molecule has 2 atom stereocenters. The van der Waals surface area contributed by atoms with E-state index in [1.165, 1.54) is 12.1 Å². The number of rotatable bonds is 5. The van der Waals surface area contributed by atoms with Gasteiger partial charge in [-0.05, 0) is 39.0 Å². The van der Waals surface area contributed by atoms with Gasteiger partial charge in [0, 0.05) is 42.3 Å². The van der Waals surface area contributed by atoms with Crippen LogP contribution in [0.5, 0.6) is 0 Å². The zero-order chi connectivity index (χ0) is 24.0. The second-order valence-corrected chi connectivity index (χ2v) is 8.71. The Kier molecular flexibility index (Phi) is 5.76. The van der Waals surface area contributed by atoms with Crippen molar-refractivity contribution in [1.82, 2.24) is 24.9 Å². The molecule has 2 aromatic carbocycles. The predicted octanol–water partition coefficient (Wildman–Crippen LogP) is 4.63. The smallest absolute Gasteiger partial charge is 0.266 e. The summed E-state index contributed by atoms with van der Waals surface area (Å²) in [6, 6.07) is 9.91. The summed E-state index contributed by atoms with van der Waals surface area (Å²) in [5, 5.41) is 15.8. The lowest BCUT2D eigenvalue weighted by atomic mass is 10.0. The molecule has 2 unspecified atom stereocenters. The van der Waals surface area contributed by atoms with Crippen molar-refractivity contribution >= 4 is 28.2 Å². The Morgan fingerprint density at radius 2 is 1.94 bits per heavy atom. The number of nitrogens with one attached hydrogen (secondary N) is 2. The lowest BCUT2D eigenvalue weighted by Crippen LogP contribution is -2.49. The third-order valence-electron chi connectivity index (χ3n) is 6.44. The number of hydrogen-bond acceptors (Lipinski definition) is 6. The number of piperazine rings is 1. The van der Waals surface area contributed by atoms with Crippen molar-refractivity contribution in [2.75, 3.05) is 29.9 Å². The Labute approximate surface area is 195 Å².